The number of guanidine groups is 1. The minimum atomic E-state index is -0.0895. The highest BCUT2D eigenvalue weighted by atomic mass is 32.2. The van der Waals surface area contributed by atoms with Crippen molar-refractivity contribution in [3.63, 3.8) is 0 Å². The molecule has 23 heavy (non-hydrogen) atoms. The van der Waals surface area contributed by atoms with E-state index in [0.29, 0.717) is 6.04 Å². The second-order valence-corrected chi connectivity index (χ2v) is 7.84. The van der Waals surface area contributed by atoms with Crippen LogP contribution in [0.1, 0.15) is 37.7 Å². The van der Waals surface area contributed by atoms with Gasteiger partial charge in [-0.25, -0.2) is 4.39 Å². The molecule has 3 nitrogen and oxygen atoms in total. The van der Waals surface area contributed by atoms with Gasteiger partial charge in [-0.2, -0.15) is 11.8 Å². The van der Waals surface area contributed by atoms with Crippen molar-refractivity contribution in [3.05, 3.63) is 35.6 Å². The molecule has 2 unspecified atom stereocenters. The number of nitrogens with one attached hydrogen (secondary N) is 2. The van der Waals surface area contributed by atoms with Crippen LogP contribution >= 0.6 is 11.8 Å². The van der Waals surface area contributed by atoms with Crippen molar-refractivity contribution < 1.29 is 4.39 Å². The van der Waals surface area contributed by atoms with E-state index in [1.807, 2.05) is 23.9 Å². The van der Waals surface area contributed by atoms with Crippen LogP contribution in [0.2, 0.25) is 0 Å². The smallest absolute Gasteiger partial charge is 0.191 e. The monoisotopic (exact) mass is 335 g/mol. The summed E-state index contributed by atoms with van der Waals surface area (Å²) in [6.07, 6.45) is 7.93. The number of thioether (sulfide) groups is 1. The molecule has 0 spiro atoms. The number of rotatable bonds is 5. The Balaban J connectivity index is 1.56. The van der Waals surface area contributed by atoms with E-state index in [2.05, 4.69) is 21.9 Å². The Bertz CT molecular complexity index is 571. The lowest BCUT2D eigenvalue weighted by Gasteiger charge is -2.21. The van der Waals surface area contributed by atoms with E-state index >= 15 is 0 Å². The third-order valence-corrected chi connectivity index (χ3v) is 6.27. The molecule has 1 aromatic carbocycles. The molecule has 5 heteroatoms. The number of benzene rings is 1. The van der Waals surface area contributed by atoms with E-state index < -0.39 is 0 Å². The molecule has 2 saturated carbocycles. The van der Waals surface area contributed by atoms with Gasteiger partial charge in [-0.15, -0.1) is 0 Å². The van der Waals surface area contributed by atoms with Gasteiger partial charge in [0.1, 0.15) is 5.82 Å². The fourth-order valence-corrected chi connectivity index (χ4v) is 4.31. The molecule has 0 aliphatic heterocycles. The fraction of sp³-hybridized carbons (Fsp3) is 0.611. The van der Waals surface area contributed by atoms with Gasteiger partial charge in [-0.3, -0.25) is 4.99 Å². The summed E-state index contributed by atoms with van der Waals surface area (Å²) in [7, 11) is 1.80. The molecule has 0 amide bonds. The van der Waals surface area contributed by atoms with Crippen LogP contribution in [0.5, 0.6) is 0 Å². The van der Waals surface area contributed by atoms with Gasteiger partial charge in [0.05, 0.1) is 0 Å². The first-order valence-corrected chi connectivity index (χ1v) is 9.70. The van der Waals surface area contributed by atoms with Crippen LogP contribution in [0.15, 0.2) is 29.3 Å². The molecule has 1 aromatic rings. The standard InChI is InChI=1S/C18H26FN3S/c1-20-17(22-13-7-8-14(11-13)23-2)21-12-18(9-10-18)15-5-3-4-6-16(15)19/h3-6,13-14H,7-12H2,1-2H3,(H2,20,21,22). The number of hydrogen-bond acceptors (Lipinski definition) is 2. The van der Waals surface area contributed by atoms with Crippen molar-refractivity contribution in [2.75, 3.05) is 19.8 Å². The Kier molecular flexibility index (Phi) is 5.14. The molecular formula is C18H26FN3S. The lowest BCUT2D eigenvalue weighted by Crippen LogP contribution is -2.45. The highest BCUT2D eigenvalue weighted by molar-refractivity contribution is 7.99. The van der Waals surface area contributed by atoms with E-state index in [4.69, 9.17) is 0 Å². The lowest BCUT2D eigenvalue weighted by atomic mass is 9.95. The van der Waals surface area contributed by atoms with Crippen molar-refractivity contribution >= 4 is 17.7 Å². The molecular weight excluding hydrogens is 309 g/mol. The maximum Gasteiger partial charge on any atom is 0.191 e. The Hall–Kier alpha value is -1.23. The number of halogens is 1. The van der Waals surface area contributed by atoms with Gasteiger partial charge < -0.3 is 10.6 Å². The van der Waals surface area contributed by atoms with E-state index in [9.17, 15) is 4.39 Å². The molecule has 0 heterocycles. The second-order valence-electron chi connectivity index (χ2n) is 6.70. The zero-order valence-corrected chi connectivity index (χ0v) is 14.8. The molecule has 0 radical (unpaired) electrons. The van der Waals surface area contributed by atoms with Crippen molar-refractivity contribution in [1.29, 1.82) is 0 Å². The first-order valence-electron chi connectivity index (χ1n) is 8.42. The summed E-state index contributed by atoms with van der Waals surface area (Å²) in [5.74, 6) is 0.757. The Morgan fingerprint density at radius 1 is 1.35 bits per heavy atom. The van der Waals surface area contributed by atoms with Gasteiger partial charge in [0.15, 0.2) is 5.96 Å². The average Bonchev–Trinajstić information content (AvgIpc) is 3.22. The van der Waals surface area contributed by atoms with Crippen LogP contribution < -0.4 is 10.6 Å². The lowest BCUT2D eigenvalue weighted by molar-refractivity contribution is 0.553. The molecule has 2 aliphatic carbocycles. The quantitative estimate of drug-likeness (QED) is 0.640. The highest BCUT2D eigenvalue weighted by Crippen LogP contribution is 2.48. The summed E-state index contributed by atoms with van der Waals surface area (Å²) in [5.41, 5.74) is 0.784. The Labute approximate surface area is 142 Å². The van der Waals surface area contributed by atoms with Gasteiger partial charge in [0.2, 0.25) is 0 Å². The molecule has 2 N–H and O–H groups in total. The predicted octanol–water partition coefficient (Wildman–Crippen LogP) is 3.31. The minimum absolute atomic E-state index is 0.0551. The topological polar surface area (TPSA) is 36.4 Å². The summed E-state index contributed by atoms with van der Waals surface area (Å²) in [5, 5.41) is 7.71. The van der Waals surface area contributed by atoms with Gasteiger partial charge in [0, 0.05) is 30.3 Å². The zero-order chi connectivity index (χ0) is 16.3. The number of hydrogen-bond donors (Lipinski definition) is 2. The first-order chi connectivity index (χ1) is 11.2. The molecule has 0 saturated heterocycles. The number of nitrogens with zero attached hydrogens (tertiary/aromatic N) is 1. The van der Waals surface area contributed by atoms with Crippen LogP contribution in [0.4, 0.5) is 4.39 Å². The van der Waals surface area contributed by atoms with E-state index in [1.54, 1.807) is 19.2 Å². The van der Waals surface area contributed by atoms with Crippen molar-refractivity contribution in [1.82, 2.24) is 10.6 Å². The van der Waals surface area contributed by atoms with Gasteiger partial charge in [-0.1, -0.05) is 18.2 Å². The summed E-state index contributed by atoms with van der Waals surface area (Å²) >= 11 is 1.96. The van der Waals surface area contributed by atoms with Gasteiger partial charge in [0.25, 0.3) is 0 Å². The average molecular weight is 335 g/mol. The summed E-state index contributed by atoms with van der Waals surface area (Å²) in [6.45, 7) is 0.742. The predicted molar refractivity (Wildman–Crippen MR) is 96.8 cm³/mol. The van der Waals surface area contributed by atoms with E-state index in [1.165, 1.54) is 19.3 Å². The maximum atomic E-state index is 14.1. The Morgan fingerprint density at radius 3 is 2.74 bits per heavy atom. The van der Waals surface area contributed by atoms with Gasteiger partial charge >= 0.3 is 0 Å². The molecule has 0 aromatic heterocycles. The molecule has 3 rings (SSSR count). The van der Waals surface area contributed by atoms with Crippen LogP contribution in [0.25, 0.3) is 0 Å². The molecule has 2 aliphatic rings. The molecule has 2 atom stereocenters. The molecule has 2 fully saturated rings. The first kappa shape index (κ1) is 16.6. The summed E-state index contributed by atoms with van der Waals surface area (Å²) in [4.78, 5) is 4.34. The maximum absolute atomic E-state index is 14.1. The van der Waals surface area contributed by atoms with E-state index in [0.717, 1.165) is 36.2 Å². The fourth-order valence-electron chi connectivity index (χ4n) is 3.51. The van der Waals surface area contributed by atoms with Crippen molar-refractivity contribution in [3.8, 4) is 0 Å². The summed E-state index contributed by atoms with van der Waals surface area (Å²) in [6, 6.07) is 7.66. The second kappa shape index (κ2) is 7.12. The van der Waals surface area contributed by atoms with Crippen molar-refractivity contribution in [2.45, 2.75) is 48.8 Å². The molecule has 0 bridgehead atoms. The molecule has 126 valence electrons. The van der Waals surface area contributed by atoms with Gasteiger partial charge in [-0.05, 0) is 50.0 Å². The van der Waals surface area contributed by atoms with Crippen molar-refractivity contribution in [2.24, 2.45) is 4.99 Å². The zero-order valence-electron chi connectivity index (χ0n) is 13.9. The third-order valence-electron chi connectivity index (χ3n) is 5.18. The Morgan fingerprint density at radius 2 is 2.13 bits per heavy atom. The van der Waals surface area contributed by atoms with Crippen LogP contribution in [-0.2, 0) is 5.41 Å². The number of aliphatic imine (C=N–C) groups is 1. The largest absolute Gasteiger partial charge is 0.356 e. The minimum Gasteiger partial charge on any atom is -0.356 e. The normalized spacial score (nSPS) is 26.1. The highest BCUT2D eigenvalue weighted by Gasteiger charge is 2.45. The van der Waals surface area contributed by atoms with E-state index in [-0.39, 0.29) is 11.2 Å². The SMILES string of the molecule is CN=C(NCC1(c2ccccc2F)CC1)NC1CCC(SC)C1. The van der Waals surface area contributed by atoms with Crippen LogP contribution in [0.3, 0.4) is 0 Å². The summed E-state index contributed by atoms with van der Waals surface area (Å²) < 4.78 is 14.1. The third kappa shape index (κ3) is 3.82. The van der Waals surface area contributed by atoms with Crippen LogP contribution in [-0.4, -0.2) is 37.1 Å². The van der Waals surface area contributed by atoms with Crippen LogP contribution in [0, 0.1) is 5.82 Å².